The number of hydrogen-bond acceptors (Lipinski definition) is 3. The van der Waals surface area contributed by atoms with Gasteiger partial charge >= 0.3 is 0 Å². The van der Waals surface area contributed by atoms with Gasteiger partial charge < -0.3 is 10.0 Å². The highest BCUT2D eigenvalue weighted by Crippen LogP contribution is 2.20. The third kappa shape index (κ3) is 3.35. The van der Waals surface area contributed by atoms with Gasteiger partial charge in [0.15, 0.2) is 0 Å². The first-order valence-electron chi connectivity index (χ1n) is 6.15. The van der Waals surface area contributed by atoms with E-state index in [1.807, 2.05) is 24.4 Å². The van der Waals surface area contributed by atoms with E-state index in [1.165, 1.54) is 4.88 Å². The van der Waals surface area contributed by atoms with Crippen molar-refractivity contribution in [3.05, 3.63) is 51.7 Å². The molecule has 1 heterocycles. The molecule has 0 aliphatic heterocycles. The van der Waals surface area contributed by atoms with E-state index in [9.17, 15) is 9.90 Å². The van der Waals surface area contributed by atoms with Gasteiger partial charge in [0.05, 0.1) is 5.56 Å². The summed E-state index contributed by atoms with van der Waals surface area (Å²) in [7, 11) is 1.76. The molecule has 19 heavy (non-hydrogen) atoms. The largest absolute Gasteiger partial charge is 0.507 e. The summed E-state index contributed by atoms with van der Waals surface area (Å²) in [4.78, 5) is 15.1. The first kappa shape index (κ1) is 13.6. The zero-order valence-electron chi connectivity index (χ0n) is 11.1. The van der Waals surface area contributed by atoms with Crippen LogP contribution in [0.15, 0.2) is 35.7 Å². The van der Waals surface area contributed by atoms with Gasteiger partial charge in [-0.25, -0.2) is 0 Å². The second-order valence-electron chi connectivity index (χ2n) is 4.58. The second kappa shape index (κ2) is 5.89. The van der Waals surface area contributed by atoms with E-state index in [2.05, 4.69) is 6.07 Å². The number of likely N-dealkylation sites (N-methyl/N-ethyl adjacent to an activating group) is 1. The lowest BCUT2D eigenvalue weighted by atomic mass is 10.1. The Bertz CT molecular complexity index is 564. The molecule has 3 nitrogen and oxygen atoms in total. The van der Waals surface area contributed by atoms with Crippen molar-refractivity contribution in [1.29, 1.82) is 0 Å². The van der Waals surface area contributed by atoms with E-state index < -0.39 is 0 Å². The number of phenols is 1. The normalized spacial score (nSPS) is 10.4. The average Bonchev–Trinajstić information content (AvgIpc) is 2.88. The number of aromatic hydroxyl groups is 1. The van der Waals surface area contributed by atoms with Crippen molar-refractivity contribution in [2.45, 2.75) is 13.3 Å². The van der Waals surface area contributed by atoms with E-state index in [-0.39, 0.29) is 11.7 Å². The molecule has 2 rings (SSSR count). The summed E-state index contributed by atoms with van der Waals surface area (Å²) in [5.74, 6) is -0.0953. The molecule has 0 aliphatic rings. The molecule has 0 saturated carbocycles. The van der Waals surface area contributed by atoms with Crippen LogP contribution in [0, 0.1) is 6.92 Å². The van der Waals surface area contributed by atoms with Crippen LogP contribution in [0.1, 0.15) is 20.8 Å². The van der Waals surface area contributed by atoms with E-state index in [0.29, 0.717) is 12.1 Å². The molecule has 1 aromatic heterocycles. The second-order valence-corrected chi connectivity index (χ2v) is 5.61. The number of nitrogens with zero attached hydrogens (tertiary/aromatic N) is 1. The summed E-state index contributed by atoms with van der Waals surface area (Å²) >= 11 is 1.69. The van der Waals surface area contributed by atoms with Crippen molar-refractivity contribution in [3.8, 4) is 5.75 Å². The molecule has 1 N–H and O–H groups in total. The minimum atomic E-state index is -0.144. The minimum absolute atomic E-state index is 0.0490. The quantitative estimate of drug-likeness (QED) is 0.931. The Morgan fingerprint density at radius 3 is 2.79 bits per heavy atom. The molecular formula is C15H17NO2S. The topological polar surface area (TPSA) is 40.5 Å². The van der Waals surface area contributed by atoms with Crippen molar-refractivity contribution in [2.75, 3.05) is 13.6 Å². The standard InChI is InChI=1S/C15H17NO2S/c1-11-5-6-13(14(17)10-11)15(18)16(2)8-7-12-4-3-9-19-12/h3-6,9-10,17H,7-8H2,1-2H3. The number of thiophene rings is 1. The molecule has 1 aromatic carbocycles. The number of amides is 1. The predicted molar refractivity (Wildman–Crippen MR) is 77.8 cm³/mol. The Kier molecular flexibility index (Phi) is 4.22. The van der Waals surface area contributed by atoms with Crippen LogP contribution in [0.4, 0.5) is 0 Å². The first-order valence-corrected chi connectivity index (χ1v) is 7.03. The maximum atomic E-state index is 12.2. The summed E-state index contributed by atoms with van der Waals surface area (Å²) in [5, 5.41) is 11.8. The number of hydrogen-bond donors (Lipinski definition) is 1. The van der Waals surface area contributed by atoms with Crippen LogP contribution in [0.5, 0.6) is 5.75 Å². The van der Waals surface area contributed by atoms with Crippen molar-refractivity contribution >= 4 is 17.2 Å². The number of carbonyl (C=O) groups excluding carboxylic acids is 1. The third-order valence-corrected chi connectivity index (χ3v) is 3.94. The van der Waals surface area contributed by atoms with Crippen LogP contribution >= 0.6 is 11.3 Å². The first-order chi connectivity index (χ1) is 9.08. The number of benzene rings is 1. The van der Waals surface area contributed by atoms with Gasteiger partial charge in [-0.2, -0.15) is 0 Å². The molecule has 0 unspecified atom stereocenters. The maximum Gasteiger partial charge on any atom is 0.257 e. The molecule has 2 aromatic rings. The van der Waals surface area contributed by atoms with Crippen molar-refractivity contribution in [3.63, 3.8) is 0 Å². The lowest BCUT2D eigenvalue weighted by Crippen LogP contribution is -2.28. The summed E-state index contributed by atoms with van der Waals surface area (Å²) in [6.07, 6.45) is 0.840. The highest BCUT2D eigenvalue weighted by molar-refractivity contribution is 7.09. The highest BCUT2D eigenvalue weighted by Gasteiger charge is 2.15. The fraction of sp³-hybridized carbons (Fsp3) is 0.267. The lowest BCUT2D eigenvalue weighted by Gasteiger charge is -2.17. The molecule has 1 amide bonds. The summed E-state index contributed by atoms with van der Waals surface area (Å²) in [6.45, 7) is 2.53. The molecule has 0 spiro atoms. The summed E-state index contributed by atoms with van der Waals surface area (Å²) in [5.41, 5.74) is 1.30. The smallest absolute Gasteiger partial charge is 0.257 e. The minimum Gasteiger partial charge on any atom is -0.507 e. The van der Waals surface area contributed by atoms with Crippen LogP contribution in [-0.4, -0.2) is 29.5 Å². The van der Waals surface area contributed by atoms with Gasteiger partial charge in [-0.1, -0.05) is 12.1 Å². The van der Waals surface area contributed by atoms with Crippen molar-refractivity contribution in [1.82, 2.24) is 4.90 Å². The Morgan fingerprint density at radius 1 is 1.37 bits per heavy atom. The molecule has 0 fully saturated rings. The lowest BCUT2D eigenvalue weighted by molar-refractivity contribution is 0.0794. The van der Waals surface area contributed by atoms with Gasteiger partial charge in [-0.15, -0.1) is 11.3 Å². The van der Waals surface area contributed by atoms with E-state index in [1.54, 1.807) is 35.4 Å². The molecular weight excluding hydrogens is 258 g/mol. The summed E-state index contributed by atoms with van der Waals surface area (Å²) in [6, 6.07) is 9.19. The van der Waals surface area contributed by atoms with E-state index in [0.717, 1.165) is 12.0 Å². The maximum absolute atomic E-state index is 12.2. The third-order valence-electron chi connectivity index (χ3n) is 3.00. The number of aryl methyl sites for hydroxylation is 1. The Balaban J connectivity index is 2.02. The van der Waals surface area contributed by atoms with E-state index in [4.69, 9.17) is 0 Å². The van der Waals surface area contributed by atoms with Gasteiger partial charge in [0.25, 0.3) is 5.91 Å². The average molecular weight is 275 g/mol. The van der Waals surface area contributed by atoms with Crippen LogP contribution in [-0.2, 0) is 6.42 Å². The van der Waals surface area contributed by atoms with Crippen LogP contribution in [0.2, 0.25) is 0 Å². The molecule has 0 saturated heterocycles. The zero-order valence-corrected chi connectivity index (χ0v) is 11.9. The fourth-order valence-electron chi connectivity index (χ4n) is 1.86. The van der Waals surface area contributed by atoms with E-state index >= 15 is 0 Å². The Morgan fingerprint density at radius 2 is 2.16 bits per heavy atom. The van der Waals surface area contributed by atoms with Gasteiger partial charge in [0.1, 0.15) is 5.75 Å². The number of phenolic OH excluding ortho intramolecular Hbond substituents is 1. The molecule has 100 valence electrons. The van der Waals surface area contributed by atoms with Crippen LogP contribution in [0.3, 0.4) is 0 Å². The molecule has 4 heteroatoms. The van der Waals surface area contributed by atoms with Crippen LogP contribution < -0.4 is 0 Å². The Labute approximate surface area is 117 Å². The van der Waals surface area contributed by atoms with Gasteiger partial charge in [-0.3, -0.25) is 4.79 Å². The van der Waals surface area contributed by atoms with Crippen LogP contribution in [0.25, 0.3) is 0 Å². The predicted octanol–water partition coefficient (Wildman–Crippen LogP) is 3.08. The molecule has 0 bridgehead atoms. The summed E-state index contributed by atoms with van der Waals surface area (Å²) < 4.78 is 0. The van der Waals surface area contributed by atoms with Crippen molar-refractivity contribution in [2.24, 2.45) is 0 Å². The Hall–Kier alpha value is -1.81. The highest BCUT2D eigenvalue weighted by atomic mass is 32.1. The monoisotopic (exact) mass is 275 g/mol. The SMILES string of the molecule is Cc1ccc(C(=O)N(C)CCc2cccs2)c(O)c1. The zero-order chi connectivity index (χ0) is 13.8. The van der Waals surface area contributed by atoms with Crippen molar-refractivity contribution < 1.29 is 9.90 Å². The molecule has 0 radical (unpaired) electrons. The molecule has 0 aliphatic carbocycles. The number of rotatable bonds is 4. The number of carbonyl (C=O) groups is 1. The van der Waals surface area contributed by atoms with Gasteiger partial charge in [0.2, 0.25) is 0 Å². The van der Waals surface area contributed by atoms with Gasteiger partial charge in [-0.05, 0) is 42.5 Å². The fourth-order valence-corrected chi connectivity index (χ4v) is 2.56. The molecule has 0 atom stereocenters. The van der Waals surface area contributed by atoms with Gasteiger partial charge in [0, 0.05) is 18.5 Å².